The molecule has 0 N–H and O–H groups in total. The number of benzene rings is 7. The zero-order valence-corrected chi connectivity index (χ0v) is 19.0. The normalized spacial score (nSPS) is 12.2. The van der Waals surface area contributed by atoms with Gasteiger partial charge in [0.25, 0.3) is 0 Å². The van der Waals surface area contributed by atoms with Crippen molar-refractivity contribution in [1.82, 2.24) is 0 Å². The lowest BCUT2D eigenvalue weighted by molar-refractivity contribution is 0.487. The molecule has 0 bridgehead atoms. The van der Waals surface area contributed by atoms with Crippen molar-refractivity contribution in [2.45, 2.75) is 0 Å². The van der Waals surface area contributed by atoms with Gasteiger partial charge in [0.15, 0.2) is 0 Å². The first-order chi connectivity index (χ1) is 17.3. The van der Waals surface area contributed by atoms with Gasteiger partial charge in [-0.3, -0.25) is 0 Å². The molecule has 1 heterocycles. The number of rotatable bonds is 1. The molecule has 7 aromatic rings. The molecule has 1 nitrogen and oxygen atoms in total. The van der Waals surface area contributed by atoms with Gasteiger partial charge in [-0.2, -0.15) is 0 Å². The molecule has 0 radical (unpaired) electrons. The van der Waals surface area contributed by atoms with E-state index < -0.39 is 0 Å². The fourth-order valence-electron chi connectivity index (χ4n) is 5.69. The van der Waals surface area contributed by atoms with Gasteiger partial charge in [-0.1, -0.05) is 84.9 Å². The fraction of sp³-hybridized carbons (Fsp3) is 0. The lowest BCUT2D eigenvalue weighted by Gasteiger charge is -2.22. The van der Waals surface area contributed by atoms with E-state index in [0.717, 1.165) is 17.1 Å². The van der Waals surface area contributed by atoms with E-state index in [9.17, 15) is 0 Å². The van der Waals surface area contributed by atoms with Gasteiger partial charge < -0.3 is 4.74 Å². The third-order valence-electron chi connectivity index (χ3n) is 7.37. The monoisotopic (exact) mass is 444 g/mol. The van der Waals surface area contributed by atoms with Crippen LogP contribution in [0.3, 0.4) is 0 Å². The lowest BCUT2D eigenvalue weighted by atomic mass is 9.91. The summed E-state index contributed by atoms with van der Waals surface area (Å²) in [4.78, 5) is 0. The third-order valence-corrected chi connectivity index (χ3v) is 7.37. The summed E-state index contributed by atoms with van der Waals surface area (Å²) in [5.41, 5.74) is 4.76. The minimum absolute atomic E-state index is 0.918. The van der Waals surface area contributed by atoms with E-state index in [-0.39, 0.29) is 0 Å². The van der Waals surface area contributed by atoms with Gasteiger partial charge in [0.05, 0.1) is 0 Å². The van der Waals surface area contributed by atoms with Gasteiger partial charge >= 0.3 is 0 Å². The van der Waals surface area contributed by atoms with Crippen LogP contribution in [-0.4, -0.2) is 0 Å². The van der Waals surface area contributed by atoms with Crippen molar-refractivity contribution in [1.29, 1.82) is 0 Å². The summed E-state index contributed by atoms with van der Waals surface area (Å²) in [5.74, 6) is 1.85. The minimum atomic E-state index is 0.918. The Bertz CT molecular complexity index is 1980. The van der Waals surface area contributed by atoms with Crippen molar-refractivity contribution in [3.8, 4) is 33.8 Å². The molecule has 1 aliphatic rings. The van der Waals surface area contributed by atoms with Gasteiger partial charge in [0.2, 0.25) is 0 Å². The highest BCUT2D eigenvalue weighted by Gasteiger charge is 2.20. The maximum atomic E-state index is 6.40. The van der Waals surface area contributed by atoms with Crippen molar-refractivity contribution in [2.75, 3.05) is 0 Å². The quantitative estimate of drug-likeness (QED) is 0.181. The fourth-order valence-corrected chi connectivity index (χ4v) is 5.69. The summed E-state index contributed by atoms with van der Waals surface area (Å²) >= 11 is 0. The molecule has 0 aromatic heterocycles. The molecule has 7 aromatic carbocycles. The number of hydrogen-bond donors (Lipinski definition) is 0. The highest BCUT2D eigenvalue weighted by atomic mass is 16.5. The number of para-hydroxylation sites is 1. The van der Waals surface area contributed by atoms with Crippen molar-refractivity contribution in [3.05, 3.63) is 121 Å². The second-order valence-corrected chi connectivity index (χ2v) is 9.40. The van der Waals surface area contributed by atoms with Crippen LogP contribution < -0.4 is 4.74 Å². The van der Waals surface area contributed by atoms with E-state index in [4.69, 9.17) is 4.74 Å². The first-order valence-electron chi connectivity index (χ1n) is 12.0. The molecule has 1 aliphatic heterocycles. The van der Waals surface area contributed by atoms with E-state index >= 15 is 0 Å². The van der Waals surface area contributed by atoms with Crippen molar-refractivity contribution < 1.29 is 4.74 Å². The zero-order valence-electron chi connectivity index (χ0n) is 19.0. The Morgan fingerprint density at radius 2 is 1.14 bits per heavy atom. The van der Waals surface area contributed by atoms with Gasteiger partial charge in [0, 0.05) is 10.9 Å². The Hall–Kier alpha value is -4.62. The molecule has 0 spiro atoms. The molecule has 0 aliphatic carbocycles. The predicted molar refractivity (Wildman–Crippen MR) is 147 cm³/mol. The van der Waals surface area contributed by atoms with E-state index in [0.29, 0.717) is 0 Å². The van der Waals surface area contributed by atoms with Gasteiger partial charge in [-0.25, -0.2) is 0 Å². The van der Waals surface area contributed by atoms with Crippen LogP contribution in [0, 0.1) is 0 Å². The van der Waals surface area contributed by atoms with E-state index in [1.165, 1.54) is 59.8 Å². The second kappa shape index (κ2) is 6.94. The van der Waals surface area contributed by atoms with Crippen molar-refractivity contribution >= 4 is 43.1 Å². The summed E-state index contributed by atoms with van der Waals surface area (Å²) in [6.45, 7) is 0. The maximum absolute atomic E-state index is 6.40. The van der Waals surface area contributed by atoms with Crippen LogP contribution in [0.15, 0.2) is 121 Å². The summed E-state index contributed by atoms with van der Waals surface area (Å²) in [5, 5.41) is 10.1. The summed E-state index contributed by atoms with van der Waals surface area (Å²) in [6, 6.07) is 43.8. The minimum Gasteiger partial charge on any atom is -0.456 e. The molecule has 8 rings (SSSR count). The van der Waals surface area contributed by atoms with Gasteiger partial charge in [0.1, 0.15) is 11.5 Å². The number of ether oxygens (including phenoxy) is 1. The largest absolute Gasteiger partial charge is 0.456 e. The van der Waals surface area contributed by atoms with E-state index in [1.807, 2.05) is 6.07 Å². The van der Waals surface area contributed by atoms with Crippen LogP contribution in [0.4, 0.5) is 0 Å². The van der Waals surface area contributed by atoms with Crippen LogP contribution in [0.5, 0.6) is 11.5 Å². The molecule has 0 fully saturated rings. The molecular formula is C34H20O. The molecular weight excluding hydrogens is 424 g/mol. The van der Waals surface area contributed by atoms with Gasteiger partial charge in [-0.15, -0.1) is 0 Å². The standard InChI is InChI=1S/C34H20O/c1-2-8-28-21(6-1)12-15-24-17-26-16-22(13-14-23(26)19-31(24)28)27-18-25-7-5-10-30-29-9-3-4-11-32(29)35-33(20-27)34(25)30/h1-20H. The maximum Gasteiger partial charge on any atom is 0.136 e. The molecule has 0 atom stereocenters. The van der Waals surface area contributed by atoms with Crippen molar-refractivity contribution in [2.24, 2.45) is 0 Å². The summed E-state index contributed by atoms with van der Waals surface area (Å²) < 4.78 is 6.40. The molecule has 0 unspecified atom stereocenters. The van der Waals surface area contributed by atoms with E-state index in [1.54, 1.807) is 0 Å². The predicted octanol–water partition coefficient (Wildman–Crippen LogP) is 9.74. The molecule has 0 saturated heterocycles. The molecule has 0 amide bonds. The highest BCUT2D eigenvalue weighted by molar-refractivity contribution is 6.12. The number of hydrogen-bond acceptors (Lipinski definition) is 1. The van der Waals surface area contributed by atoms with Crippen molar-refractivity contribution in [3.63, 3.8) is 0 Å². The smallest absolute Gasteiger partial charge is 0.136 e. The number of fused-ring (bicyclic) bond motifs is 6. The molecule has 35 heavy (non-hydrogen) atoms. The lowest BCUT2D eigenvalue weighted by Crippen LogP contribution is -1.97. The molecule has 1 heteroatoms. The molecule has 0 saturated carbocycles. The Balaban J connectivity index is 1.33. The Kier molecular flexibility index (Phi) is 3.72. The Labute approximate surface area is 202 Å². The van der Waals surface area contributed by atoms with Crippen LogP contribution in [0.1, 0.15) is 0 Å². The van der Waals surface area contributed by atoms with E-state index in [2.05, 4.69) is 115 Å². The van der Waals surface area contributed by atoms with Crippen LogP contribution in [-0.2, 0) is 0 Å². The zero-order chi connectivity index (χ0) is 22.9. The second-order valence-electron chi connectivity index (χ2n) is 9.40. The Morgan fingerprint density at radius 3 is 2.14 bits per heavy atom. The first-order valence-corrected chi connectivity index (χ1v) is 12.0. The Morgan fingerprint density at radius 1 is 0.371 bits per heavy atom. The molecule has 162 valence electrons. The summed E-state index contributed by atoms with van der Waals surface area (Å²) in [6.07, 6.45) is 0. The van der Waals surface area contributed by atoms with Gasteiger partial charge in [-0.05, 0) is 90.8 Å². The highest BCUT2D eigenvalue weighted by Crippen LogP contribution is 2.47. The summed E-state index contributed by atoms with van der Waals surface area (Å²) in [7, 11) is 0. The average Bonchev–Trinajstić information content (AvgIpc) is 2.91. The SMILES string of the molecule is c1ccc2c(c1)Oc1cc(-c3ccc4cc5c(ccc6ccccc65)cc4c3)cc3cccc-2c13. The van der Waals surface area contributed by atoms with Crippen LogP contribution in [0.25, 0.3) is 65.3 Å². The average molecular weight is 445 g/mol. The third kappa shape index (κ3) is 2.76. The first kappa shape index (κ1) is 18.8. The van der Waals surface area contributed by atoms with Crippen LogP contribution >= 0.6 is 0 Å². The van der Waals surface area contributed by atoms with Crippen LogP contribution in [0.2, 0.25) is 0 Å². The topological polar surface area (TPSA) is 9.23 Å².